The summed E-state index contributed by atoms with van der Waals surface area (Å²) in [6, 6.07) is 19.0. The van der Waals surface area contributed by atoms with E-state index in [1.807, 2.05) is 59.2 Å². The summed E-state index contributed by atoms with van der Waals surface area (Å²) < 4.78 is 1.82. The van der Waals surface area contributed by atoms with Crippen LogP contribution in [-0.2, 0) is 0 Å². The van der Waals surface area contributed by atoms with Crippen LogP contribution in [0.25, 0.3) is 28.0 Å². The molecule has 5 heteroatoms. The molecule has 22 heavy (non-hydrogen) atoms. The van der Waals surface area contributed by atoms with E-state index in [9.17, 15) is 4.79 Å². The van der Waals surface area contributed by atoms with Gasteiger partial charge in [-0.05, 0) is 18.2 Å². The summed E-state index contributed by atoms with van der Waals surface area (Å²) in [6.45, 7) is 0. The molecule has 0 aliphatic carbocycles. The lowest BCUT2D eigenvalue weighted by Crippen LogP contribution is -2.05. The van der Waals surface area contributed by atoms with Crippen LogP contribution < -0.4 is 5.56 Å². The number of pyridine rings is 1. The first-order valence-electron chi connectivity index (χ1n) is 6.92. The van der Waals surface area contributed by atoms with Gasteiger partial charge in [0.25, 0.3) is 5.56 Å². The smallest absolute Gasteiger partial charge is 0.264 e. The van der Waals surface area contributed by atoms with Gasteiger partial charge in [0.2, 0.25) is 0 Å². The molecule has 0 atom stereocenters. The molecule has 4 rings (SSSR count). The van der Waals surface area contributed by atoms with Crippen LogP contribution in [0, 0.1) is 0 Å². The highest BCUT2D eigenvalue weighted by Crippen LogP contribution is 2.33. The number of aromatic amines is 1. The Bertz CT molecular complexity index is 982. The molecule has 0 spiro atoms. The average molecular weight is 288 g/mol. The predicted molar refractivity (Wildman–Crippen MR) is 84.5 cm³/mol. The van der Waals surface area contributed by atoms with Crippen LogP contribution in [0.15, 0.2) is 71.7 Å². The Morgan fingerprint density at radius 1 is 0.909 bits per heavy atom. The van der Waals surface area contributed by atoms with Gasteiger partial charge in [0.05, 0.1) is 16.8 Å². The molecule has 0 bridgehead atoms. The lowest BCUT2D eigenvalue weighted by atomic mass is 10.0. The van der Waals surface area contributed by atoms with Gasteiger partial charge in [-0.15, -0.1) is 0 Å². The normalized spacial score (nSPS) is 10.9. The number of nitrogens with zero attached hydrogens (tertiary/aromatic N) is 3. The summed E-state index contributed by atoms with van der Waals surface area (Å²) in [6.07, 6.45) is 1.90. The topological polar surface area (TPSA) is 63.1 Å². The lowest BCUT2D eigenvalue weighted by Gasteiger charge is -2.02. The Hall–Kier alpha value is -3.21. The van der Waals surface area contributed by atoms with Gasteiger partial charge >= 0.3 is 0 Å². The van der Waals surface area contributed by atoms with Crippen molar-refractivity contribution < 1.29 is 0 Å². The van der Waals surface area contributed by atoms with Crippen molar-refractivity contribution in [2.75, 3.05) is 0 Å². The molecular weight excluding hydrogens is 276 g/mol. The predicted octanol–water partition coefficient (Wildman–Crippen LogP) is 2.75. The second-order valence-corrected chi connectivity index (χ2v) is 4.93. The molecule has 0 radical (unpaired) electrons. The van der Waals surface area contributed by atoms with Gasteiger partial charge in [0.15, 0.2) is 0 Å². The first-order valence-corrected chi connectivity index (χ1v) is 6.92. The van der Waals surface area contributed by atoms with Gasteiger partial charge in [0.1, 0.15) is 5.69 Å². The van der Waals surface area contributed by atoms with Crippen LogP contribution in [0.2, 0.25) is 0 Å². The molecular formula is C17H12N4O. The molecule has 3 aromatic heterocycles. The van der Waals surface area contributed by atoms with Gasteiger partial charge in [-0.2, -0.15) is 10.2 Å². The van der Waals surface area contributed by atoms with Crippen LogP contribution in [-0.4, -0.2) is 19.8 Å². The van der Waals surface area contributed by atoms with Crippen LogP contribution >= 0.6 is 0 Å². The molecule has 0 aliphatic heterocycles. The largest absolute Gasteiger partial charge is 0.268 e. The van der Waals surface area contributed by atoms with Crippen molar-refractivity contribution in [3.8, 4) is 22.5 Å². The molecule has 4 aromatic rings. The number of fused-ring (bicyclic) bond motifs is 1. The van der Waals surface area contributed by atoms with Crippen LogP contribution in [0.3, 0.4) is 0 Å². The zero-order valence-electron chi connectivity index (χ0n) is 11.6. The Morgan fingerprint density at radius 2 is 1.73 bits per heavy atom. The van der Waals surface area contributed by atoms with Crippen LogP contribution in [0.4, 0.5) is 0 Å². The summed E-state index contributed by atoms with van der Waals surface area (Å²) in [7, 11) is 0. The molecule has 0 saturated heterocycles. The lowest BCUT2D eigenvalue weighted by molar-refractivity contribution is 0.966. The number of rotatable bonds is 2. The molecule has 1 N–H and O–H groups in total. The zero-order chi connectivity index (χ0) is 14.9. The van der Waals surface area contributed by atoms with Crippen molar-refractivity contribution in [3.63, 3.8) is 0 Å². The molecule has 0 unspecified atom stereocenters. The van der Waals surface area contributed by atoms with E-state index in [4.69, 9.17) is 0 Å². The fourth-order valence-corrected chi connectivity index (χ4v) is 2.53. The summed E-state index contributed by atoms with van der Waals surface area (Å²) in [5.74, 6) is 0. The van der Waals surface area contributed by atoms with Gasteiger partial charge in [-0.25, -0.2) is 9.61 Å². The minimum Gasteiger partial charge on any atom is -0.268 e. The second-order valence-electron chi connectivity index (χ2n) is 4.93. The summed E-state index contributed by atoms with van der Waals surface area (Å²) in [5.41, 5.74) is 4.17. The van der Waals surface area contributed by atoms with Crippen molar-refractivity contribution in [1.82, 2.24) is 19.8 Å². The molecule has 0 fully saturated rings. The van der Waals surface area contributed by atoms with Gasteiger partial charge in [-0.3, -0.25) is 4.79 Å². The van der Waals surface area contributed by atoms with E-state index in [0.29, 0.717) is 5.69 Å². The maximum absolute atomic E-state index is 11.3. The molecule has 106 valence electrons. The molecule has 1 aromatic carbocycles. The Kier molecular flexibility index (Phi) is 2.83. The highest BCUT2D eigenvalue weighted by Gasteiger charge is 2.17. The highest BCUT2D eigenvalue weighted by molar-refractivity contribution is 5.90. The number of H-pyrrole nitrogens is 1. The molecule has 0 aliphatic rings. The second kappa shape index (κ2) is 4.96. The Morgan fingerprint density at radius 3 is 2.50 bits per heavy atom. The van der Waals surface area contributed by atoms with Crippen molar-refractivity contribution in [3.05, 3.63) is 77.2 Å². The van der Waals surface area contributed by atoms with E-state index < -0.39 is 0 Å². The molecule has 0 saturated carbocycles. The third kappa shape index (κ3) is 2.00. The summed E-state index contributed by atoms with van der Waals surface area (Å²) in [5, 5.41) is 11.3. The number of hydrogen-bond donors (Lipinski definition) is 1. The molecule has 5 nitrogen and oxygen atoms in total. The zero-order valence-corrected chi connectivity index (χ0v) is 11.6. The van der Waals surface area contributed by atoms with E-state index in [2.05, 4.69) is 15.3 Å². The number of benzene rings is 1. The maximum atomic E-state index is 11.3. The minimum absolute atomic E-state index is 0.221. The summed E-state index contributed by atoms with van der Waals surface area (Å²) in [4.78, 5) is 11.3. The maximum Gasteiger partial charge on any atom is 0.264 e. The van der Waals surface area contributed by atoms with Crippen LogP contribution in [0.1, 0.15) is 0 Å². The highest BCUT2D eigenvalue weighted by atomic mass is 16.1. The quantitative estimate of drug-likeness (QED) is 0.617. The average Bonchev–Trinajstić information content (AvgIpc) is 2.96. The first-order chi connectivity index (χ1) is 10.8. The van der Waals surface area contributed by atoms with E-state index in [1.165, 1.54) is 6.07 Å². The van der Waals surface area contributed by atoms with E-state index in [0.717, 1.165) is 22.3 Å². The standard InChI is InChI=1S/C17H12N4O/c22-15-10-9-13(18-19-15)16-14-8-4-5-11-21(14)20-17(16)12-6-2-1-3-7-12/h1-11H,(H,19,22). The molecule has 0 amide bonds. The number of hydrogen-bond acceptors (Lipinski definition) is 3. The monoisotopic (exact) mass is 288 g/mol. The number of aromatic nitrogens is 4. The van der Waals surface area contributed by atoms with Gasteiger partial charge < -0.3 is 0 Å². The Balaban J connectivity index is 2.06. The van der Waals surface area contributed by atoms with Crippen molar-refractivity contribution in [1.29, 1.82) is 0 Å². The number of nitrogens with one attached hydrogen (secondary N) is 1. The third-order valence-corrected chi connectivity index (χ3v) is 3.52. The van der Waals surface area contributed by atoms with Crippen molar-refractivity contribution >= 4 is 5.52 Å². The van der Waals surface area contributed by atoms with E-state index in [-0.39, 0.29) is 5.56 Å². The van der Waals surface area contributed by atoms with Gasteiger partial charge in [0, 0.05) is 17.8 Å². The first kappa shape index (κ1) is 12.5. The fraction of sp³-hybridized carbons (Fsp3) is 0. The third-order valence-electron chi connectivity index (χ3n) is 3.52. The van der Waals surface area contributed by atoms with Gasteiger partial charge in [-0.1, -0.05) is 36.4 Å². The molecule has 3 heterocycles. The van der Waals surface area contributed by atoms with E-state index in [1.54, 1.807) is 6.07 Å². The van der Waals surface area contributed by atoms with E-state index >= 15 is 0 Å². The summed E-state index contributed by atoms with van der Waals surface area (Å²) >= 11 is 0. The SMILES string of the molecule is O=c1ccc(-c2c(-c3ccccc3)nn3ccccc23)n[nH]1. The van der Waals surface area contributed by atoms with Crippen LogP contribution in [0.5, 0.6) is 0 Å². The minimum atomic E-state index is -0.221. The Labute approximate surface area is 125 Å². The fourth-order valence-electron chi connectivity index (χ4n) is 2.53. The van der Waals surface area contributed by atoms with Crippen molar-refractivity contribution in [2.45, 2.75) is 0 Å². The van der Waals surface area contributed by atoms with Crippen molar-refractivity contribution in [2.24, 2.45) is 0 Å².